The van der Waals surface area contributed by atoms with Crippen LogP contribution in [-0.4, -0.2) is 6.01 Å². The SMILES string of the molecule is CCc1cccc(C(C)C)c1N=C=N. The maximum absolute atomic E-state index is 6.93. The Hall–Kier alpha value is -1.40. The highest BCUT2D eigenvalue weighted by molar-refractivity contribution is 5.60. The zero-order valence-corrected chi connectivity index (χ0v) is 8.96. The van der Waals surface area contributed by atoms with Crippen LogP contribution in [0, 0.1) is 5.41 Å². The molecule has 1 aromatic carbocycles. The second-order valence-corrected chi connectivity index (χ2v) is 3.59. The third kappa shape index (κ3) is 2.09. The van der Waals surface area contributed by atoms with Gasteiger partial charge in [0.25, 0.3) is 0 Å². The predicted molar refractivity (Wildman–Crippen MR) is 59.7 cm³/mol. The fourth-order valence-corrected chi connectivity index (χ4v) is 1.55. The van der Waals surface area contributed by atoms with Gasteiger partial charge in [-0.05, 0) is 23.5 Å². The molecule has 0 aliphatic rings. The minimum absolute atomic E-state index is 0.439. The molecule has 0 radical (unpaired) electrons. The van der Waals surface area contributed by atoms with E-state index in [4.69, 9.17) is 5.41 Å². The molecule has 0 unspecified atom stereocenters. The van der Waals surface area contributed by atoms with Crippen molar-refractivity contribution >= 4 is 11.7 Å². The van der Waals surface area contributed by atoms with E-state index in [0.717, 1.165) is 12.1 Å². The second kappa shape index (κ2) is 4.73. The fourth-order valence-electron chi connectivity index (χ4n) is 1.55. The van der Waals surface area contributed by atoms with E-state index < -0.39 is 0 Å². The molecule has 1 N–H and O–H groups in total. The Labute approximate surface area is 85.2 Å². The first kappa shape index (κ1) is 10.7. The number of aliphatic imine (C=N–C) groups is 1. The molecule has 0 saturated carbocycles. The average molecular weight is 188 g/mol. The van der Waals surface area contributed by atoms with E-state index in [-0.39, 0.29) is 0 Å². The van der Waals surface area contributed by atoms with Gasteiger partial charge in [-0.1, -0.05) is 39.0 Å². The summed E-state index contributed by atoms with van der Waals surface area (Å²) in [5.74, 6) is 0.439. The van der Waals surface area contributed by atoms with Gasteiger partial charge >= 0.3 is 0 Å². The van der Waals surface area contributed by atoms with Crippen molar-refractivity contribution in [3.63, 3.8) is 0 Å². The lowest BCUT2D eigenvalue weighted by Crippen LogP contribution is -1.91. The number of benzene rings is 1. The van der Waals surface area contributed by atoms with Crippen molar-refractivity contribution in [3.8, 4) is 0 Å². The minimum atomic E-state index is 0.439. The number of aryl methyl sites for hydroxylation is 1. The van der Waals surface area contributed by atoms with Crippen LogP contribution in [0.2, 0.25) is 0 Å². The van der Waals surface area contributed by atoms with Gasteiger partial charge < -0.3 is 0 Å². The molecule has 0 bridgehead atoms. The van der Waals surface area contributed by atoms with Crippen LogP contribution in [0.5, 0.6) is 0 Å². The lowest BCUT2D eigenvalue weighted by molar-refractivity contribution is 0.863. The molecule has 0 aliphatic heterocycles. The highest BCUT2D eigenvalue weighted by Gasteiger charge is 2.08. The molecule has 1 rings (SSSR count). The van der Waals surface area contributed by atoms with Crippen LogP contribution < -0.4 is 0 Å². The lowest BCUT2D eigenvalue weighted by atomic mass is 9.97. The molecule has 0 heterocycles. The van der Waals surface area contributed by atoms with Gasteiger partial charge in [0.15, 0.2) is 0 Å². The van der Waals surface area contributed by atoms with Crippen LogP contribution in [0.1, 0.15) is 37.8 Å². The summed E-state index contributed by atoms with van der Waals surface area (Å²) in [4.78, 5) is 4.02. The van der Waals surface area contributed by atoms with Crippen LogP contribution in [0.4, 0.5) is 5.69 Å². The van der Waals surface area contributed by atoms with Crippen LogP contribution in [0.3, 0.4) is 0 Å². The summed E-state index contributed by atoms with van der Waals surface area (Å²) in [5, 5.41) is 6.93. The normalized spacial score (nSPS) is 10.0. The first-order valence-corrected chi connectivity index (χ1v) is 4.95. The summed E-state index contributed by atoms with van der Waals surface area (Å²) in [6, 6.07) is 8.31. The Balaban J connectivity index is 3.34. The van der Waals surface area contributed by atoms with Gasteiger partial charge in [0.2, 0.25) is 0 Å². The average Bonchev–Trinajstić information content (AvgIpc) is 2.18. The molecule has 0 aromatic heterocycles. The van der Waals surface area contributed by atoms with Crippen LogP contribution in [0.15, 0.2) is 23.2 Å². The minimum Gasteiger partial charge on any atom is -0.241 e. The Morgan fingerprint density at radius 3 is 2.64 bits per heavy atom. The zero-order valence-electron chi connectivity index (χ0n) is 8.96. The number of hydrogen-bond acceptors (Lipinski definition) is 2. The molecule has 0 atom stereocenters. The Kier molecular flexibility index (Phi) is 3.61. The van der Waals surface area contributed by atoms with Gasteiger partial charge in [-0.2, -0.15) is 4.99 Å². The molecule has 14 heavy (non-hydrogen) atoms. The largest absolute Gasteiger partial charge is 0.241 e. The van der Waals surface area contributed by atoms with E-state index >= 15 is 0 Å². The molecule has 1 aromatic rings. The van der Waals surface area contributed by atoms with Crippen molar-refractivity contribution in [1.82, 2.24) is 0 Å². The number of hydrogen-bond donors (Lipinski definition) is 1. The summed E-state index contributed by atoms with van der Waals surface area (Å²) >= 11 is 0. The van der Waals surface area contributed by atoms with E-state index in [9.17, 15) is 0 Å². The highest BCUT2D eigenvalue weighted by Crippen LogP contribution is 2.30. The highest BCUT2D eigenvalue weighted by atomic mass is 14.7. The van der Waals surface area contributed by atoms with Gasteiger partial charge in [0.1, 0.15) is 0 Å². The predicted octanol–water partition coefficient (Wildman–Crippen LogP) is 3.76. The third-order valence-corrected chi connectivity index (χ3v) is 2.32. The molecular weight excluding hydrogens is 172 g/mol. The molecule has 0 amide bonds. The molecule has 2 nitrogen and oxygen atoms in total. The van der Waals surface area contributed by atoms with Crippen molar-refractivity contribution in [2.45, 2.75) is 33.1 Å². The zero-order chi connectivity index (χ0) is 10.6. The van der Waals surface area contributed by atoms with Crippen molar-refractivity contribution in [1.29, 1.82) is 5.41 Å². The molecule has 2 heteroatoms. The van der Waals surface area contributed by atoms with Crippen molar-refractivity contribution in [3.05, 3.63) is 29.3 Å². The van der Waals surface area contributed by atoms with E-state index in [1.165, 1.54) is 11.1 Å². The van der Waals surface area contributed by atoms with Gasteiger partial charge in [-0.15, -0.1) is 0 Å². The molecule has 0 spiro atoms. The smallest absolute Gasteiger partial charge is 0.0918 e. The first-order valence-electron chi connectivity index (χ1n) is 4.95. The molecule has 0 fully saturated rings. The standard InChI is InChI=1S/C12H16N2/c1-4-10-6-5-7-11(9(2)3)12(10)14-8-13/h5-7,9,13H,4H2,1-3H3. The van der Waals surface area contributed by atoms with E-state index in [0.29, 0.717) is 5.92 Å². The quantitative estimate of drug-likeness (QED) is 0.701. The summed E-state index contributed by atoms with van der Waals surface area (Å²) in [6.07, 6.45) is 0.946. The van der Waals surface area contributed by atoms with Crippen molar-refractivity contribution in [2.75, 3.05) is 0 Å². The van der Waals surface area contributed by atoms with Crippen LogP contribution in [0.25, 0.3) is 0 Å². The molecular formula is C12H16N2. The van der Waals surface area contributed by atoms with Crippen LogP contribution in [-0.2, 0) is 6.42 Å². The number of nitrogens with one attached hydrogen (secondary N) is 1. The van der Waals surface area contributed by atoms with Gasteiger partial charge in [0, 0.05) is 0 Å². The molecule has 74 valence electrons. The number of para-hydroxylation sites is 1. The maximum atomic E-state index is 6.93. The molecule has 0 aliphatic carbocycles. The first-order chi connectivity index (χ1) is 6.70. The van der Waals surface area contributed by atoms with E-state index in [1.807, 2.05) is 0 Å². The Morgan fingerprint density at radius 2 is 2.14 bits per heavy atom. The van der Waals surface area contributed by atoms with Crippen molar-refractivity contribution < 1.29 is 0 Å². The monoisotopic (exact) mass is 188 g/mol. The van der Waals surface area contributed by atoms with Crippen molar-refractivity contribution in [2.24, 2.45) is 4.99 Å². The summed E-state index contributed by atoms with van der Waals surface area (Å²) in [6.45, 7) is 6.37. The van der Waals surface area contributed by atoms with Crippen LogP contribution >= 0.6 is 0 Å². The Bertz CT molecular complexity index is 361. The number of nitrogens with zero attached hydrogens (tertiary/aromatic N) is 1. The lowest BCUT2D eigenvalue weighted by Gasteiger charge is -2.11. The second-order valence-electron chi connectivity index (χ2n) is 3.59. The topological polar surface area (TPSA) is 36.2 Å². The third-order valence-electron chi connectivity index (χ3n) is 2.32. The molecule has 0 saturated heterocycles. The fraction of sp³-hybridized carbons (Fsp3) is 0.417. The van der Waals surface area contributed by atoms with Gasteiger partial charge in [-0.25, -0.2) is 5.41 Å². The summed E-state index contributed by atoms with van der Waals surface area (Å²) in [5.41, 5.74) is 3.32. The van der Waals surface area contributed by atoms with Gasteiger partial charge in [0.05, 0.1) is 11.7 Å². The number of rotatable bonds is 3. The summed E-state index contributed by atoms with van der Waals surface area (Å²) in [7, 11) is 0. The summed E-state index contributed by atoms with van der Waals surface area (Å²) < 4.78 is 0. The van der Waals surface area contributed by atoms with E-state index in [2.05, 4.69) is 50.0 Å². The van der Waals surface area contributed by atoms with Gasteiger partial charge in [-0.3, -0.25) is 0 Å². The van der Waals surface area contributed by atoms with E-state index in [1.54, 1.807) is 0 Å². The maximum Gasteiger partial charge on any atom is 0.0918 e. The Morgan fingerprint density at radius 1 is 1.43 bits per heavy atom.